The number of aromatic nitrogens is 1. The van der Waals surface area contributed by atoms with Crippen molar-refractivity contribution in [2.24, 2.45) is 0 Å². The highest BCUT2D eigenvalue weighted by Gasteiger charge is 2.23. The summed E-state index contributed by atoms with van der Waals surface area (Å²) in [6, 6.07) is 0. The normalized spacial score (nSPS) is 18.2. The molecule has 0 spiro atoms. The predicted molar refractivity (Wildman–Crippen MR) is 72.8 cm³/mol. The maximum absolute atomic E-state index is 9.44. The topological polar surface area (TPSA) is 45.6 Å². The largest absolute Gasteiger partial charge is 0.391 e. The van der Waals surface area contributed by atoms with Gasteiger partial charge in [0, 0.05) is 18.5 Å². The van der Waals surface area contributed by atoms with Gasteiger partial charge in [0.2, 0.25) is 0 Å². The van der Waals surface area contributed by atoms with Crippen molar-refractivity contribution in [2.75, 3.05) is 26.3 Å². The first-order valence-corrected chi connectivity index (χ1v) is 7.22. The summed E-state index contributed by atoms with van der Waals surface area (Å²) >= 11 is 1.64. The molecular weight excluding hydrogens is 248 g/mol. The average Bonchev–Trinajstić information content (AvgIpc) is 2.73. The summed E-state index contributed by atoms with van der Waals surface area (Å²) in [5, 5.41) is 10.5. The third kappa shape index (κ3) is 3.29. The Kier molecular flexibility index (Phi) is 4.37. The van der Waals surface area contributed by atoms with Crippen molar-refractivity contribution in [2.45, 2.75) is 39.3 Å². The average molecular weight is 270 g/mol. The van der Waals surface area contributed by atoms with E-state index in [4.69, 9.17) is 9.72 Å². The van der Waals surface area contributed by atoms with Crippen molar-refractivity contribution in [3.05, 3.63) is 15.6 Å². The van der Waals surface area contributed by atoms with Gasteiger partial charge in [0.15, 0.2) is 0 Å². The standard InChI is InChI=1S/C13H22N2O2S/c1-13(2,3)12-10(9-16)18-11(14-12)8-15-4-6-17-7-5-15/h16H,4-9H2,1-3H3. The molecule has 102 valence electrons. The van der Waals surface area contributed by atoms with Crippen LogP contribution in [0.4, 0.5) is 0 Å². The number of morpholine rings is 1. The molecule has 18 heavy (non-hydrogen) atoms. The zero-order valence-electron chi connectivity index (χ0n) is 11.4. The number of hydrogen-bond donors (Lipinski definition) is 1. The van der Waals surface area contributed by atoms with Gasteiger partial charge < -0.3 is 9.84 Å². The maximum atomic E-state index is 9.44. The molecule has 1 fully saturated rings. The van der Waals surface area contributed by atoms with E-state index in [0.29, 0.717) is 0 Å². The molecule has 1 aromatic heterocycles. The lowest BCUT2D eigenvalue weighted by Crippen LogP contribution is -2.35. The highest BCUT2D eigenvalue weighted by atomic mass is 32.1. The molecule has 0 aliphatic carbocycles. The Hall–Kier alpha value is -0.490. The summed E-state index contributed by atoms with van der Waals surface area (Å²) in [5.41, 5.74) is 1.04. The first-order valence-electron chi connectivity index (χ1n) is 6.40. The van der Waals surface area contributed by atoms with Crippen LogP contribution in [0, 0.1) is 0 Å². The molecule has 2 heterocycles. The third-order valence-electron chi connectivity index (χ3n) is 3.06. The SMILES string of the molecule is CC(C)(C)c1nc(CN2CCOCC2)sc1CO. The quantitative estimate of drug-likeness (QED) is 0.909. The molecule has 0 amide bonds. The minimum absolute atomic E-state index is 0.00216. The van der Waals surface area contributed by atoms with Crippen molar-refractivity contribution in [3.63, 3.8) is 0 Å². The minimum Gasteiger partial charge on any atom is -0.391 e. The number of rotatable bonds is 3. The smallest absolute Gasteiger partial charge is 0.107 e. The highest BCUT2D eigenvalue weighted by molar-refractivity contribution is 7.11. The van der Waals surface area contributed by atoms with Crippen LogP contribution in [0.2, 0.25) is 0 Å². The lowest BCUT2D eigenvalue weighted by atomic mass is 9.91. The van der Waals surface area contributed by atoms with Gasteiger partial charge in [-0.25, -0.2) is 4.98 Å². The van der Waals surface area contributed by atoms with Gasteiger partial charge in [-0.05, 0) is 0 Å². The van der Waals surface area contributed by atoms with Crippen molar-refractivity contribution in [3.8, 4) is 0 Å². The summed E-state index contributed by atoms with van der Waals surface area (Å²) in [6.07, 6.45) is 0. The molecule has 1 aromatic rings. The summed E-state index contributed by atoms with van der Waals surface area (Å²) in [7, 11) is 0. The fraction of sp³-hybridized carbons (Fsp3) is 0.769. The predicted octanol–water partition coefficient (Wildman–Crippen LogP) is 1.77. The molecule has 0 atom stereocenters. The van der Waals surface area contributed by atoms with Crippen molar-refractivity contribution < 1.29 is 9.84 Å². The fourth-order valence-corrected chi connectivity index (χ4v) is 3.29. The Balaban J connectivity index is 2.11. The van der Waals surface area contributed by atoms with Crippen LogP contribution in [-0.2, 0) is 23.3 Å². The minimum atomic E-state index is -0.00216. The van der Waals surface area contributed by atoms with Crippen LogP contribution < -0.4 is 0 Å². The van der Waals surface area contributed by atoms with Gasteiger partial charge in [0.1, 0.15) is 5.01 Å². The van der Waals surface area contributed by atoms with Crippen LogP contribution in [0.3, 0.4) is 0 Å². The molecule has 2 rings (SSSR count). The molecule has 1 aliphatic heterocycles. The Labute approximate surface area is 113 Å². The second kappa shape index (κ2) is 5.65. The highest BCUT2D eigenvalue weighted by Crippen LogP contribution is 2.30. The molecule has 1 N–H and O–H groups in total. The number of nitrogens with zero attached hydrogens (tertiary/aromatic N) is 2. The van der Waals surface area contributed by atoms with E-state index in [1.165, 1.54) is 0 Å². The summed E-state index contributed by atoms with van der Waals surface area (Å²) in [6.45, 7) is 10.9. The molecule has 4 nitrogen and oxygen atoms in total. The zero-order chi connectivity index (χ0) is 13.2. The van der Waals surface area contributed by atoms with E-state index in [2.05, 4.69) is 25.7 Å². The first kappa shape index (κ1) is 13.9. The number of hydrogen-bond acceptors (Lipinski definition) is 5. The van der Waals surface area contributed by atoms with Crippen LogP contribution in [0.5, 0.6) is 0 Å². The van der Waals surface area contributed by atoms with E-state index >= 15 is 0 Å². The van der Waals surface area contributed by atoms with E-state index in [0.717, 1.165) is 48.4 Å². The van der Waals surface area contributed by atoms with Gasteiger partial charge >= 0.3 is 0 Å². The Morgan fingerprint density at radius 3 is 2.50 bits per heavy atom. The van der Waals surface area contributed by atoms with Crippen LogP contribution in [0.25, 0.3) is 0 Å². The molecule has 0 bridgehead atoms. The molecule has 0 aromatic carbocycles. The van der Waals surface area contributed by atoms with Crippen LogP contribution >= 0.6 is 11.3 Å². The van der Waals surface area contributed by atoms with Crippen LogP contribution in [0.15, 0.2) is 0 Å². The molecule has 0 unspecified atom stereocenters. The molecule has 1 aliphatic rings. The summed E-state index contributed by atoms with van der Waals surface area (Å²) < 4.78 is 5.34. The Morgan fingerprint density at radius 1 is 1.33 bits per heavy atom. The lowest BCUT2D eigenvalue weighted by Gasteiger charge is -2.25. The molecule has 0 saturated carbocycles. The van der Waals surface area contributed by atoms with Gasteiger partial charge in [-0.1, -0.05) is 20.8 Å². The second-order valence-electron chi connectivity index (χ2n) is 5.68. The second-order valence-corrected chi connectivity index (χ2v) is 6.84. The van der Waals surface area contributed by atoms with Gasteiger partial charge in [0.05, 0.1) is 36.9 Å². The monoisotopic (exact) mass is 270 g/mol. The number of aliphatic hydroxyl groups excluding tert-OH is 1. The zero-order valence-corrected chi connectivity index (χ0v) is 12.2. The van der Waals surface area contributed by atoms with Crippen LogP contribution in [-0.4, -0.2) is 41.3 Å². The van der Waals surface area contributed by atoms with E-state index in [1.807, 2.05) is 0 Å². The number of ether oxygens (including phenoxy) is 1. The van der Waals surface area contributed by atoms with Crippen molar-refractivity contribution >= 4 is 11.3 Å². The molecule has 1 saturated heterocycles. The lowest BCUT2D eigenvalue weighted by molar-refractivity contribution is 0.0341. The van der Waals surface area contributed by atoms with Crippen molar-refractivity contribution in [1.29, 1.82) is 0 Å². The number of thiazole rings is 1. The molecular formula is C13H22N2O2S. The fourth-order valence-electron chi connectivity index (χ4n) is 2.11. The van der Waals surface area contributed by atoms with Gasteiger partial charge in [-0.15, -0.1) is 11.3 Å². The summed E-state index contributed by atoms with van der Waals surface area (Å²) in [5.74, 6) is 0. The van der Waals surface area contributed by atoms with E-state index in [-0.39, 0.29) is 12.0 Å². The van der Waals surface area contributed by atoms with Crippen LogP contribution in [0.1, 0.15) is 36.3 Å². The Bertz CT molecular complexity index is 392. The van der Waals surface area contributed by atoms with E-state index in [9.17, 15) is 5.11 Å². The van der Waals surface area contributed by atoms with Crippen molar-refractivity contribution in [1.82, 2.24) is 9.88 Å². The first-order chi connectivity index (χ1) is 8.50. The van der Waals surface area contributed by atoms with E-state index < -0.39 is 0 Å². The van der Waals surface area contributed by atoms with Gasteiger partial charge in [0.25, 0.3) is 0 Å². The van der Waals surface area contributed by atoms with E-state index in [1.54, 1.807) is 11.3 Å². The molecule has 0 radical (unpaired) electrons. The van der Waals surface area contributed by atoms with Gasteiger partial charge in [-0.2, -0.15) is 0 Å². The number of aliphatic hydroxyl groups is 1. The van der Waals surface area contributed by atoms with Gasteiger partial charge in [-0.3, -0.25) is 4.90 Å². The summed E-state index contributed by atoms with van der Waals surface area (Å²) in [4.78, 5) is 8.08. The molecule has 5 heteroatoms. The maximum Gasteiger partial charge on any atom is 0.107 e. The Morgan fingerprint density at radius 2 is 2.00 bits per heavy atom. The third-order valence-corrected chi connectivity index (χ3v) is 4.08.